The summed E-state index contributed by atoms with van der Waals surface area (Å²) in [5.74, 6) is 1.93. The lowest BCUT2D eigenvalue weighted by atomic mass is 10.2. The van der Waals surface area contributed by atoms with Gasteiger partial charge in [0, 0.05) is 63.8 Å². The molecule has 2 aromatic heterocycles. The molecule has 26 heavy (non-hydrogen) atoms. The number of aromatic nitrogens is 3. The van der Waals surface area contributed by atoms with Crippen LogP contribution in [0.3, 0.4) is 0 Å². The molecule has 0 bridgehead atoms. The van der Waals surface area contributed by atoms with Crippen molar-refractivity contribution < 1.29 is 0 Å². The van der Waals surface area contributed by atoms with E-state index in [1.807, 2.05) is 7.05 Å². The van der Waals surface area contributed by atoms with E-state index in [0.717, 1.165) is 57.3 Å². The maximum Gasteiger partial charge on any atom is 0.227 e. The van der Waals surface area contributed by atoms with E-state index in [4.69, 9.17) is 9.97 Å². The standard InChI is InChI=1S/C20H30N6/c1-15(2)26-8-7-16(14-26)13-24-9-11-25(12-10-24)20-22-18-6-4-5-17(18)19(21-3)23-20/h7-8,14-15H,4-6,9-13H2,1-3H3,(H,21,22,23). The molecule has 140 valence electrons. The van der Waals surface area contributed by atoms with Gasteiger partial charge < -0.3 is 14.8 Å². The summed E-state index contributed by atoms with van der Waals surface area (Å²) in [7, 11) is 1.96. The minimum absolute atomic E-state index is 0.527. The summed E-state index contributed by atoms with van der Waals surface area (Å²) in [6.45, 7) is 9.57. The molecule has 4 rings (SSSR count). The maximum absolute atomic E-state index is 4.87. The Morgan fingerprint density at radius 2 is 1.92 bits per heavy atom. The van der Waals surface area contributed by atoms with Crippen LogP contribution in [-0.4, -0.2) is 52.7 Å². The van der Waals surface area contributed by atoms with E-state index in [2.05, 4.69) is 52.0 Å². The Balaban J connectivity index is 1.39. The average Bonchev–Trinajstić information content (AvgIpc) is 3.30. The number of hydrogen-bond donors (Lipinski definition) is 1. The molecule has 3 heterocycles. The van der Waals surface area contributed by atoms with Gasteiger partial charge in [-0.15, -0.1) is 0 Å². The van der Waals surface area contributed by atoms with E-state index in [9.17, 15) is 0 Å². The molecular weight excluding hydrogens is 324 g/mol. The summed E-state index contributed by atoms with van der Waals surface area (Å²) in [5, 5.41) is 3.27. The van der Waals surface area contributed by atoms with E-state index in [1.54, 1.807) is 0 Å². The largest absolute Gasteiger partial charge is 0.373 e. The zero-order valence-corrected chi connectivity index (χ0v) is 16.2. The van der Waals surface area contributed by atoms with Gasteiger partial charge in [-0.3, -0.25) is 4.90 Å². The third-order valence-electron chi connectivity index (χ3n) is 5.59. The maximum atomic E-state index is 4.87. The first kappa shape index (κ1) is 17.3. The molecular formula is C20H30N6. The first-order valence-electron chi connectivity index (χ1n) is 9.85. The second kappa shape index (κ2) is 7.27. The quantitative estimate of drug-likeness (QED) is 0.895. The molecule has 6 nitrogen and oxygen atoms in total. The Kier molecular flexibility index (Phi) is 4.85. The molecule has 2 aromatic rings. The van der Waals surface area contributed by atoms with Crippen molar-refractivity contribution in [2.45, 2.75) is 45.7 Å². The summed E-state index contributed by atoms with van der Waals surface area (Å²) >= 11 is 0. The van der Waals surface area contributed by atoms with E-state index >= 15 is 0 Å². The molecule has 0 radical (unpaired) electrons. The zero-order chi connectivity index (χ0) is 18.1. The molecule has 6 heteroatoms. The summed E-state index contributed by atoms with van der Waals surface area (Å²) < 4.78 is 2.28. The molecule has 1 N–H and O–H groups in total. The lowest BCUT2D eigenvalue weighted by Gasteiger charge is -2.34. The van der Waals surface area contributed by atoms with Crippen molar-refractivity contribution in [1.29, 1.82) is 0 Å². The van der Waals surface area contributed by atoms with Crippen LogP contribution in [0.5, 0.6) is 0 Å². The van der Waals surface area contributed by atoms with Gasteiger partial charge in [-0.05, 0) is 44.7 Å². The highest BCUT2D eigenvalue weighted by atomic mass is 15.3. The Bertz CT molecular complexity index is 758. The van der Waals surface area contributed by atoms with Gasteiger partial charge in [-0.2, -0.15) is 4.98 Å². The SMILES string of the molecule is CNc1nc(N2CCN(Cc3ccn(C(C)C)c3)CC2)nc2c1CCC2. The lowest BCUT2D eigenvalue weighted by Crippen LogP contribution is -2.46. The second-order valence-electron chi connectivity index (χ2n) is 7.72. The van der Waals surface area contributed by atoms with E-state index in [1.165, 1.54) is 23.2 Å². The average molecular weight is 355 g/mol. The number of rotatable bonds is 5. The summed E-state index contributed by atoms with van der Waals surface area (Å²) in [5.41, 5.74) is 3.97. The van der Waals surface area contributed by atoms with Crippen LogP contribution in [0.25, 0.3) is 0 Å². The second-order valence-corrected chi connectivity index (χ2v) is 7.72. The molecule has 0 spiro atoms. The van der Waals surface area contributed by atoms with Crippen molar-refractivity contribution in [2.24, 2.45) is 0 Å². The first-order valence-corrected chi connectivity index (χ1v) is 9.85. The molecule has 0 amide bonds. The summed E-state index contributed by atoms with van der Waals surface area (Å²) in [6.07, 6.45) is 7.86. The number of piperazine rings is 1. The molecule has 1 aliphatic heterocycles. The Labute approximate surface area is 156 Å². The predicted octanol–water partition coefficient (Wildman–Crippen LogP) is 2.71. The first-order chi connectivity index (χ1) is 12.6. The highest BCUT2D eigenvalue weighted by molar-refractivity contribution is 5.52. The number of nitrogens with one attached hydrogen (secondary N) is 1. The fourth-order valence-corrected chi connectivity index (χ4v) is 4.01. The van der Waals surface area contributed by atoms with Gasteiger partial charge >= 0.3 is 0 Å². The Morgan fingerprint density at radius 1 is 1.12 bits per heavy atom. The normalized spacial score (nSPS) is 17.8. The number of fused-ring (bicyclic) bond motifs is 1. The zero-order valence-electron chi connectivity index (χ0n) is 16.2. The van der Waals surface area contributed by atoms with Gasteiger partial charge in [0.05, 0.1) is 5.69 Å². The van der Waals surface area contributed by atoms with Crippen molar-refractivity contribution in [3.8, 4) is 0 Å². The molecule has 0 atom stereocenters. The highest BCUT2D eigenvalue weighted by Crippen LogP contribution is 2.28. The van der Waals surface area contributed by atoms with E-state index in [-0.39, 0.29) is 0 Å². The minimum Gasteiger partial charge on any atom is -0.373 e. The van der Waals surface area contributed by atoms with Crippen LogP contribution in [0.1, 0.15) is 43.1 Å². The van der Waals surface area contributed by atoms with Crippen LogP contribution in [0.2, 0.25) is 0 Å². The van der Waals surface area contributed by atoms with E-state index in [0.29, 0.717) is 6.04 Å². The molecule has 0 aromatic carbocycles. The van der Waals surface area contributed by atoms with Crippen LogP contribution in [0, 0.1) is 0 Å². The van der Waals surface area contributed by atoms with Crippen LogP contribution < -0.4 is 10.2 Å². The van der Waals surface area contributed by atoms with Crippen molar-refractivity contribution in [1.82, 2.24) is 19.4 Å². The summed E-state index contributed by atoms with van der Waals surface area (Å²) in [6, 6.07) is 2.77. The van der Waals surface area contributed by atoms with Gasteiger partial charge in [0.1, 0.15) is 5.82 Å². The number of anilines is 2. The number of nitrogens with zero attached hydrogens (tertiary/aromatic N) is 5. The van der Waals surface area contributed by atoms with Crippen molar-refractivity contribution in [3.05, 3.63) is 35.3 Å². The minimum atomic E-state index is 0.527. The lowest BCUT2D eigenvalue weighted by molar-refractivity contribution is 0.248. The third-order valence-corrected chi connectivity index (χ3v) is 5.59. The van der Waals surface area contributed by atoms with Gasteiger partial charge in [-0.1, -0.05) is 0 Å². The van der Waals surface area contributed by atoms with Crippen LogP contribution in [0.15, 0.2) is 18.5 Å². The number of hydrogen-bond acceptors (Lipinski definition) is 5. The highest BCUT2D eigenvalue weighted by Gasteiger charge is 2.24. The van der Waals surface area contributed by atoms with Gasteiger partial charge in [0.25, 0.3) is 0 Å². The topological polar surface area (TPSA) is 49.2 Å². The monoisotopic (exact) mass is 354 g/mol. The third kappa shape index (κ3) is 3.43. The van der Waals surface area contributed by atoms with Gasteiger partial charge in [0.2, 0.25) is 5.95 Å². The fourth-order valence-electron chi connectivity index (χ4n) is 4.01. The molecule has 0 saturated carbocycles. The Hall–Kier alpha value is -2.08. The summed E-state index contributed by atoms with van der Waals surface area (Å²) in [4.78, 5) is 14.5. The predicted molar refractivity (Wildman–Crippen MR) is 106 cm³/mol. The van der Waals surface area contributed by atoms with Gasteiger partial charge in [-0.25, -0.2) is 4.98 Å². The van der Waals surface area contributed by atoms with Crippen LogP contribution >= 0.6 is 0 Å². The van der Waals surface area contributed by atoms with Crippen LogP contribution in [0.4, 0.5) is 11.8 Å². The van der Waals surface area contributed by atoms with Crippen molar-refractivity contribution in [3.63, 3.8) is 0 Å². The number of aryl methyl sites for hydroxylation is 1. The molecule has 0 unspecified atom stereocenters. The van der Waals surface area contributed by atoms with E-state index < -0.39 is 0 Å². The smallest absolute Gasteiger partial charge is 0.227 e. The molecule has 1 saturated heterocycles. The van der Waals surface area contributed by atoms with Crippen molar-refractivity contribution in [2.75, 3.05) is 43.4 Å². The molecule has 1 aliphatic carbocycles. The molecule has 1 fully saturated rings. The molecule has 2 aliphatic rings. The fraction of sp³-hybridized carbons (Fsp3) is 0.600. The Morgan fingerprint density at radius 3 is 2.62 bits per heavy atom. The van der Waals surface area contributed by atoms with Gasteiger partial charge in [0.15, 0.2) is 0 Å². The van der Waals surface area contributed by atoms with Crippen LogP contribution in [-0.2, 0) is 19.4 Å². The van der Waals surface area contributed by atoms with Crippen molar-refractivity contribution >= 4 is 11.8 Å².